The van der Waals surface area contributed by atoms with Crippen molar-refractivity contribution in [3.8, 4) is 11.1 Å². The van der Waals surface area contributed by atoms with Gasteiger partial charge in [-0.15, -0.1) is 0 Å². The van der Waals surface area contributed by atoms with E-state index in [1.54, 1.807) is 20.8 Å². The highest BCUT2D eigenvalue weighted by molar-refractivity contribution is 5.80. The molecule has 0 radical (unpaired) electrons. The number of benzene rings is 2. The van der Waals surface area contributed by atoms with Crippen molar-refractivity contribution in [2.45, 2.75) is 38.7 Å². The summed E-state index contributed by atoms with van der Waals surface area (Å²) in [5.41, 5.74) is 3.64. The number of carbonyl (C=O) groups excluding carboxylic acids is 2. The van der Waals surface area contributed by atoms with E-state index in [0.29, 0.717) is 0 Å². The molecule has 31 heavy (non-hydrogen) atoms. The first-order valence-electron chi connectivity index (χ1n) is 10.2. The van der Waals surface area contributed by atoms with Crippen molar-refractivity contribution in [1.82, 2.24) is 4.90 Å². The maximum atomic E-state index is 12.7. The number of carboxylic acids is 1. The van der Waals surface area contributed by atoms with Gasteiger partial charge in [0.15, 0.2) is 0 Å². The number of ether oxygens (including phenoxy) is 2. The van der Waals surface area contributed by atoms with E-state index >= 15 is 0 Å². The molecule has 164 valence electrons. The summed E-state index contributed by atoms with van der Waals surface area (Å²) in [5, 5.41) is 8.99. The highest BCUT2D eigenvalue weighted by atomic mass is 16.6. The molecule has 1 aliphatic carbocycles. The van der Waals surface area contributed by atoms with Gasteiger partial charge in [-0.1, -0.05) is 48.5 Å². The summed E-state index contributed by atoms with van der Waals surface area (Å²) in [4.78, 5) is 37.0. The molecule has 0 saturated carbocycles. The van der Waals surface area contributed by atoms with Crippen LogP contribution in [-0.4, -0.2) is 53.3 Å². The Bertz CT molecular complexity index is 933. The number of nitrogens with zero attached hydrogens (tertiary/aromatic N) is 1. The number of aliphatic carboxylic acids is 1. The Labute approximate surface area is 181 Å². The smallest absolute Gasteiger partial charge is 0.410 e. The number of amides is 1. The van der Waals surface area contributed by atoms with Gasteiger partial charge < -0.3 is 14.6 Å². The molecule has 7 nitrogen and oxygen atoms in total. The second kappa shape index (κ2) is 9.20. The Hall–Kier alpha value is -3.35. The minimum atomic E-state index is -1.07. The maximum absolute atomic E-state index is 12.7. The van der Waals surface area contributed by atoms with Crippen molar-refractivity contribution in [2.75, 3.05) is 19.7 Å². The van der Waals surface area contributed by atoms with Crippen LogP contribution in [0.4, 0.5) is 4.79 Å². The minimum Gasteiger partial charge on any atom is -0.481 e. The molecule has 0 unspecified atom stereocenters. The average molecular weight is 425 g/mol. The Morgan fingerprint density at radius 2 is 1.52 bits per heavy atom. The van der Waals surface area contributed by atoms with Crippen molar-refractivity contribution >= 4 is 18.0 Å². The molecule has 2 aromatic carbocycles. The van der Waals surface area contributed by atoms with Crippen LogP contribution in [0.25, 0.3) is 11.1 Å². The van der Waals surface area contributed by atoms with Crippen LogP contribution < -0.4 is 0 Å². The highest BCUT2D eigenvalue weighted by Gasteiger charge is 2.30. The number of fused-ring (bicyclic) bond motifs is 3. The number of rotatable bonds is 7. The standard InChI is InChI=1S/C24H27NO6/c1-24(2,3)31-22(28)14-25(13-12-21(26)27)23(29)30-15-20-18-10-6-4-8-16(18)17-9-5-7-11-19(17)20/h4-11,20H,12-15H2,1-3H3,(H,26,27). The number of esters is 1. The fourth-order valence-corrected chi connectivity index (χ4v) is 3.68. The lowest BCUT2D eigenvalue weighted by molar-refractivity contribution is -0.156. The summed E-state index contributed by atoms with van der Waals surface area (Å²) < 4.78 is 10.8. The van der Waals surface area contributed by atoms with Gasteiger partial charge in [0, 0.05) is 12.5 Å². The van der Waals surface area contributed by atoms with Crippen LogP contribution in [0.5, 0.6) is 0 Å². The van der Waals surface area contributed by atoms with E-state index in [0.717, 1.165) is 27.2 Å². The summed E-state index contributed by atoms with van der Waals surface area (Å²) in [6.45, 7) is 4.73. The third-order valence-corrected chi connectivity index (χ3v) is 4.93. The van der Waals surface area contributed by atoms with Gasteiger partial charge in [-0.25, -0.2) is 4.79 Å². The molecular formula is C24H27NO6. The molecule has 0 heterocycles. The Kier molecular flexibility index (Phi) is 6.63. The lowest BCUT2D eigenvalue weighted by atomic mass is 9.98. The zero-order valence-corrected chi connectivity index (χ0v) is 18.0. The molecule has 1 amide bonds. The van der Waals surface area contributed by atoms with Crippen LogP contribution in [0.15, 0.2) is 48.5 Å². The van der Waals surface area contributed by atoms with Gasteiger partial charge in [0.1, 0.15) is 18.8 Å². The quantitative estimate of drug-likeness (QED) is 0.673. The first-order chi connectivity index (χ1) is 14.7. The Balaban J connectivity index is 1.71. The van der Waals surface area contributed by atoms with Crippen LogP contribution in [0.3, 0.4) is 0 Å². The molecular weight excluding hydrogens is 398 g/mol. The fourth-order valence-electron chi connectivity index (χ4n) is 3.68. The molecule has 0 fully saturated rings. The van der Waals surface area contributed by atoms with Crippen molar-refractivity contribution < 1.29 is 29.0 Å². The van der Waals surface area contributed by atoms with Gasteiger partial charge in [-0.05, 0) is 43.0 Å². The molecule has 0 aliphatic heterocycles. The number of hydrogen-bond donors (Lipinski definition) is 1. The van der Waals surface area contributed by atoms with E-state index in [9.17, 15) is 14.4 Å². The SMILES string of the molecule is CC(C)(C)OC(=O)CN(CCC(=O)O)C(=O)OCC1c2ccccc2-c2ccccc21. The zero-order valence-electron chi connectivity index (χ0n) is 18.0. The summed E-state index contributed by atoms with van der Waals surface area (Å²) in [6.07, 6.45) is -1.04. The van der Waals surface area contributed by atoms with Crippen LogP contribution in [0, 0.1) is 0 Å². The summed E-state index contributed by atoms with van der Waals surface area (Å²) >= 11 is 0. The molecule has 0 saturated heterocycles. The van der Waals surface area contributed by atoms with Crippen LogP contribution >= 0.6 is 0 Å². The van der Waals surface area contributed by atoms with Gasteiger partial charge in [-0.3, -0.25) is 14.5 Å². The van der Waals surface area contributed by atoms with Gasteiger partial charge in [0.25, 0.3) is 0 Å². The second-order valence-electron chi connectivity index (χ2n) is 8.46. The predicted molar refractivity (Wildman–Crippen MR) is 115 cm³/mol. The molecule has 0 spiro atoms. The van der Waals surface area contributed by atoms with Crippen LogP contribution in [0.1, 0.15) is 44.2 Å². The Morgan fingerprint density at radius 1 is 0.968 bits per heavy atom. The third kappa shape index (κ3) is 5.63. The average Bonchev–Trinajstić information content (AvgIpc) is 3.01. The summed E-state index contributed by atoms with van der Waals surface area (Å²) in [5.74, 6) is -1.81. The lowest BCUT2D eigenvalue weighted by Gasteiger charge is -2.25. The van der Waals surface area contributed by atoms with Crippen molar-refractivity contribution in [3.63, 3.8) is 0 Å². The van der Waals surface area contributed by atoms with E-state index in [4.69, 9.17) is 14.6 Å². The van der Waals surface area contributed by atoms with Crippen LogP contribution in [-0.2, 0) is 19.1 Å². The molecule has 1 aliphatic rings. The monoisotopic (exact) mass is 425 g/mol. The highest BCUT2D eigenvalue weighted by Crippen LogP contribution is 2.44. The number of hydrogen-bond acceptors (Lipinski definition) is 5. The topological polar surface area (TPSA) is 93.1 Å². The maximum Gasteiger partial charge on any atom is 0.410 e. The van der Waals surface area contributed by atoms with Gasteiger partial charge in [0.2, 0.25) is 0 Å². The van der Waals surface area contributed by atoms with E-state index in [1.807, 2.05) is 48.5 Å². The van der Waals surface area contributed by atoms with Gasteiger partial charge in [-0.2, -0.15) is 0 Å². The molecule has 0 bridgehead atoms. The van der Waals surface area contributed by atoms with Gasteiger partial charge in [0.05, 0.1) is 6.42 Å². The van der Waals surface area contributed by atoms with Crippen LogP contribution in [0.2, 0.25) is 0 Å². The summed E-state index contributed by atoms with van der Waals surface area (Å²) in [6, 6.07) is 15.9. The van der Waals surface area contributed by atoms with Gasteiger partial charge >= 0.3 is 18.0 Å². The van der Waals surface area contributed by atoms with Crippen molar-refractivity contribution in [3.05, 3.63) is 59.7 Å². The summed E-state index contributed by atoms with van der Waals surface area (Å²) in [7, 11) is 0. The minimum absolute atomic E-state index is 0.0880. The van der Waals surface area contributed by atoms with Crippen molar-refractivity contribution in [1.29, 1.82) is 0 Å². The van der Waals surface area contributed by atoms with E-state index < -0.39 is 23.6 Å². The molecule has 2 aromatic rings. The zero-order chi connectivity index (χ0) is 22.6. The molecule has 0 aromatic heterocycles. The lowest BCUT2D eigenvalue weighted by Crippen LogP contribution is -2.40. The first kappa shape index (κ1) is 22.3. The molecule has 3 rings (SSSR count). The molecule has 0 atom stereocenters. The largest absolute Gasteiger partial charge is 0.481 e. The first-order valence-corrected chi connectivity index (χ1v) is 10.2. The fraction of sp³-hybridized carbons (Fsp3) is 0.375. The van der Waals surface area contributed by atoms with Crippen molar-refractivity contribution in [2.24, 2.45) is 0 Å². The van der Waals surface area contributed by atoms with E-state index in [-0.39, 0.29) is 32.0 Å². The molecule has 7 heteroatoms. The normalized spacial score (nSPS) is 12.6. The number of carboxylic acid groups (broad SMARTS) is 1. The van der Waals surface area contributed by atoms with E-state index in [2.05, 4.69) is 0 Å². The molecule has 1 N–H and O–H groups in total. The predicted octanol–water partition coefficient (Wildman–Crippen LogP) is 4.05. The second-order valence-corrected chi connectivity index (χ2v) is 8.46. The van der Waals surface area contributed by atoms with E-state index in [1.165, 1.54) is 0 Å². The third-order valence-electron chi connectivity index (χ3n) is 4.93. The number of carbonyl (C=O) groups is 3. The Morgan fingerprint density at radius 3 is 2.03 bits per heavy atom.